The number of thioether (sulfide) groups is 1. The van der Waals surface area contributed by atoms with Gasteiger partial charge in [-0.2, -0.15) is 0 Å². The van der Waals surface area contributed by atoms with Crippen LogP contribution < -0.4 is 5.32 Å². The first-order valence-corrected chi connectivity index (χ1v) is 9.64. The predicted octanol–water partition coefficient (Wildman–Crippen LogP) is 5.77. The molecule has 0 amide bonds. The van der Waals surface area contributed by atoms with Crippen LogP contribution in [0.1, 0.15) is 52.4 Å². The number of nitrogens with one attached hydrogen (secondary N) is 1. The summed E-state index contributed by atoms with van der Waals surface area (Å²) in [5, 5.41) is 5.29. The molecule has 0 saturated heterocycles. The zero-order valence-corrected chi connectivity index (χ0v) is 14.8. The fourth-order valence-corrected chi connectivity index (χ4v) is 5.01. The zero-order chi connectivity index (χ0) is 15.1. The Morgan fingerprint density at radius 2 is 2.10 bits per heavy atom. The summed E-state index contributed by atoms with van der Waals surface area (Å²) in [6.45, 7) is 5.69. The highest BCUT2D eigenvalue weighted by molar-refractivity contribution is 8.00. The average Bonchev–Trinajstić information content (AvgIpc) is 2.47. The molecule has 118 valence electrons. The topological polar surface area (TPSA) is 12.0 Å². The predicted molar refractivity (Wildman–Crippen MR) is 95.4 cm³/mol. The third kappa shape index (κ3) is 5.50. The number of rotatable bonds is 7. The minimum atomic E-state index is 0.655. The van der Waals surface area contributed by atoms with Crippen LogP contribution in [-0.2, 0) is 0 Å². The number of hydrogen-bond donors (Lipinski definition) is 1. The van der Waals surface area contributed by atoms with Gasteiger partial charge in [-0.05, 0) is 56.3 Å². The highest BCUT2D eigenvalue weighted by Gasteiger charge is 2.30. The summed E-state index contributed by atoms with van der Waals surface area (Å²) in [4.78, 5) is 1.31. The number of hydrogen-bond acceptors (Lipinski definition) is 2. The summed E-state index contributed by atoms with van der Waals surface area (Å²) in [5.74, 6) is 0.909. The van der Waals surface area contributed by atoms with Crippen LogP contribution >= 0.6 is 23.4 Å². The van der Waals surface area contributed by atoms with E-state index in [0.717, 1.165) is 17.5 Å². The maximum absolute atomic E-state index is 6.13. The lowest BCUT2D eigenvalue weighted by Gasteiger charge is -2.36. The van der Waals surface area contributed by atoms with Gasteiger partial charge in [-0.1, -0.05) is 44.4 Å². The molecular weight excluding hydrogens is 298 g/mol. The van der Waals surface area contributed by atoms with Crippen LogP contribution in [0.4, 0.5) is 0 Å². The standard InChI is InChI=1S/C18H28ClNS/c1-3-6-14-9-10-17(20-11-4-2)18(12-14)21-16-8-5-7-15(19)13-16/h5,7-8,13-14,17-18,20H,3-4,6,9-12H2,1-2H3. The summed E-state index contributed by atoms with van der Waals surface area (Å²) in [5.41, 5.74) is 0. The van der Waals surface area contributed by atoms with E-state index in [9.17, 15) is 0 Å². The minimum absolute atomic E-state index is 0.655. The molecule has 2 rings (SSSR count). The Morgan fingerprint density at radius 3 is 2.81 bits per heavy atom. The van der Waals surface area contributed by atoms with Crippen molar-refractivity contribution in [2.45, 2.75) is 68.6 Å². The fourth-order valence-electron chi connectivity index (χ4n) is 3.29. The molecule has 1 aromatic rings. The first-order valence-electron chi connectivity index (χ1n) is 8.38. The molecule has 1 saturated carbocycles. The van der Waals surface area contributed by atoms with Crippen LogP contribution in [0, 0.1) is 5.92 Å². The van der Waals surface area contributed by atoms with Crippen molar-refractivity contribution in [3.63, 3.8) is 0 Å². The Hall–Kier alpha value is -0.180. The van der Waals surface area contributed by atoms with Gasteiger partial charge >= 0.3 is 0 Å². The van der Waals surface area contributed by atoms with Gasteiger partial charge < -0.3 is 5.32 Å². The Labute approximate surface area is 139 Å². The third-order valence-corrected chi connectivity index (χ3v) is 5.92. The average molecular weight is 326 g/mol. The van der Waals surface area contributed by atoms with E-state index in [1.165, 1.54) is 43.4 Å². The van der Waals surface area contributed by atoms with Crippen molar-refractivity contribution in [3.8, 4) is 0 Å². The van der Waals surface area contributed by atoms with Gasteiger partial charge in [-0.25, -0.2) is 0 Å². The van der Waals surface area contributed by atoms with Crippen LogP contribution in [-0.4, -0.2) is 17.8 Å². The molecule has 1 aromatic carbocycles. The third-order valence-electron chi connectivity index (χ3n) is 4.34. The molecule has 3 heteroatoms. The molecule has 3 atom stereocenters. The SMILES string of the molecule is CCCNC1CCC(CCC)CC1Sc1cccc(Cl)c1. The Bertz CT molecular complexity index is 423. The normalized spacial score (nSPS) is 26.0. The van der Waals surface area contributed by atoms with Crippen LogP contribution in [0.3, 0.4) is 0 Å². The van der Waals surface area contributed by atoms with Gasteiger partial charge in [0.25, 0.3) is 0 Å². The molecule has 0 spiro atoms. The molecule has 3 unspecified atom stereocenters. The smallest absolute Gasteiger partial charge is 0.0417 e. The lowest BCUT2D eigenvalue weighted by atomic mass is 9.83. The Morgan fingerprint density at radius 1 is 1.24 bits per heavy atom. The molecule has 0 aliphatic heterocycles. The lowest BCUT2D eigenvalue weighted by molar-refractivity contribution is 0.287. The van der Waals surface area contributed by atoms with Crippen molar-refractivity contribution in [2.24, 2.45) is 5.92 Å². The van der Waals surface area contributed by atoms with Crippen LogP contribution in [0.2, 0.25) is 5.02 Å². The molecular formula is C18H28ClNS. The van der Waals surface area contributed by atoms with E-state index in [1.807, 2.05) is 17.8 Å². The van der Waals surface area contributed by atoms with Crippen molar-refractivity contribution in [1.29, 1.82) is 0 Å². The molecule has 0 bridgehead atoms. The molecule has 1 fully saturated rings. The van der Waals surface area contributed by atoms with Gasteiger partial charge in [0.15, 0.2) is 0 Å². The first-order chi connectivity index (χ1) is 10.2. The summed E-state index contributed by atoms with van der Waals surface area (Å²) in [6.07, 6.45) is 7.96. The lowest BCUT2D eigenvalue weighted by Crippen LogP contribution is -2.42. The number of benzene rings is 1. The molecule has 1 aliphatic carbocycles. The second-order valence-electron chi connectivity index (χ2n) is 6.14. The van der Waals surface area contributed by atoms with E-state index < -0.39 is 0 Å². The van der Waals surface area contributed by atoms with E-state index in [2.05, 4.69) is 37.4 Å². The molecule has 1 aliphatic rings. The molecule has 1 N–H and O–H groups in total. The van der Waals surface area contributed by atoms with Gasteiger partial charge in [0.05, 0.1) is 0 Å². The molecule has 0 aromatic heterocycles. The van der Waals surface area contributed by atoms with Gasteiger partial charge in [-0.3, -0.25) is 0 Å². The summed E-state index contributed by atoms with van der Waals surface area (Å²) < 4.78 is 0. The fraction of sp³-hybridized carbons (Fsp3) is 0.667. The van der Waals surface area contributed by atoms with Gasteiger partial charge in [0.1, 0.15) is 0 Å². The van der Waals surface area contributed by atoms with Crippen molar-refractivity contribution >= 4 is 23.4 Å². The Balaban J connectivity index is 2.01. The van der Waals surface area contributed by atoms with Crippen molar-refractivity contribution < 1.29 is 0 Å². The molecule has 21 heavy (non-hydrogen) atoms. The first kappa shape index (κ1) is 17.2. The summed E-state index contributed by atoms with van der Waals surface area (Å²) in [6, 6.07) is 8.97. The van der Waals surface area contributed by atoms with Gasteiger partial charge in [-0.15, -0.1) is 11.8 Å². The van der Waals surface area contributed by atoms with Crippen LogP contribution in [0.5, 0.6) is 0 Å². The molecule has 1 nitrogen and oxygen atoms in total. The zero-order valence-electron chi connectivity index (χ0n) is 13.3. The quantitative estimate of drug-likeness (QED) is 0.683. The second kappa shape index (κ2) is 9.07. The second-order valence-corrected chi connectivity index (χ2v) is 7.89. The van der Waals surface area contributed by atoms with E-state index >= 15 is 0 Å². The van der Waals surface area contributed by atoms with Crippen LogP contribution in [0.25, 0.3) is 0 Å². The van der Waals surface area contributed by atoms with Crippen molar-refractivity contribution in [3.05, 3.63) is 29.3 Å². The maximum atomic E-state index is 6.13. The molecule has 0 heterocycles. The van der Waals surface area contributed by atoms with Crippen LogP contribution in [0.15, 0.2) is 29.2 Å². The van der Waals surface area contributed by atoms with Crippen molar-refractivity contribution in [2.75, 3.05) is 6.54 Å². The van der Waals surface area contributed by atoms with Gasteiger partial charge in [0.2, 0.25) is 0 Å². The van der Waals surface area contributed by atoms with Gasteiger partial charge in [0, 0.05) is 21.2 Å². The summed E-state index contributed by atoms with van der Waals surface area (Å²) >= 11 is 8.15. The van der Waals surface area contributed by atoms with Crippen molar-refractivity contribution in [1.82, 2.24) is 5.32 Å². The summed E-state index contributed by atoms with van der Waals surface area (Å²) in [7, 11) is 0. The Kier molecular flexibility index (Phi) is 7.42. The largest absolute Gasteiger partial charge is 0.313 e. The van der Waals surface area contributed by atoms with E-state index in [1.54, 1.807) is 0 Å². The monoisotopic (exact) mass is 325 g/mol. The minimum Gasteiger partial charge on any atom is -0.313 e. The number of halogens is 1. The highest BCUT2D eigenvalue weighted by atomic mass is 35.5. The molecule has 0 radical (unpaired) electrons. The van der Waals surface area contributed by atoms with E-state index in [0.29, 0.717) is 11.3 Å². The highest BCUT2D eigenvalue weighted by Crippen LogP contribution is 2.38. The maximum Gasteiger partial charge on any atom is 0.0417 e. The van der Waals surface area contributed by atoms with E-state index in [-0.39, 0.29) is 0 Å². The van der Waals surface area contributed by atoms with E-state index in [4.69, 9.17) is 11.6 Å².